The van der Waals surface area contributed by atoms with Crippen LogP contribution in [0.15, 0.2) is 31.4 Å². The van der Waals surface area contributed by atoms with Gasteiger partial charge in [0.25, 0.3) is 0 Å². The van der Waals surface area contributed by atoms with Gasteiger partial charge in [0, 0.05) is 24.0 Å². The maximum atomic E-state index is 5.46. The molecule has 0 aromatic carbocycles. The number of rotatable bonds is 6. The third kappa shape index (κ3) is 3.24. The van der Waals surface area contributed by atoms with E-state index < -0.39 is 0 Å². The van der Waals surface area contributed by atoms with Crippen molar-refractivity contribution >= 4 is 0 Å². The van der Waals surface area contributed by atoms with Crippen molar-refractivity contribution in [3.05, 3.63) is 36.9 Å². The van der Waals surface area contributed by atoms with Gasteiger partial charge in [-0.3, -0.25) is 11.3 Å². The quantitative estimate of drug-likeness (QED) is 0.309. The van der Waals surface area contributed by atoms with Gasteiger partial charge < -0.3 is 0 Å². The lowest BCUT2D eigenvalue weighted by Crippen LogP contribution is -2.28. The summed E-state index contributed by atoms with van der Waals surface area (Å²) >= 11 is 0. The van der Waals surface area contributed by atoms with Crippen LogP contribution in [0.2, 0.25) is 0 Å². The van der Waals surface area contributed by atoms with Gasteiger partial charge in [-0.25, -0.2) is 9.97 Å². The molecule has 1 aromatic rings. The summed E-state index contributed by atoms with van der Waals surface area (Å²) < 4.78 is 0. The summed E-state index contributed by atoms with van der Waals surface area (Å²) in [7, 11) is 0. The number of nitrogens with two attached hydrogens (primary N) is 1. The molecule has 1 aromatic heterocycles. The molecule has 0 saturated heterocycles. The number of aromatic nitrogens is 2. The molecule has 0 bridgehead atoms. The van der Waals surface area contributed by atoms with Crippen molar-refractivity contribution < 1.29 is 0 Å². The SMILES string of the molecule is C=CCCCC(NN)c1cncnc1. The highest BCUT2D eigenvalue weighted by Crippen LogP contribution is 2.16. The van der Waals surface area contributed by atoms with Crippen LogP contribution < -0.4 is 11.3 Å². The highest BCUT2D eigenvalue weighted by Gasteiger charge is 2.08. The molecule has 0 fully saturated rings. The first kappa shape index (κ1) is 10.8. The summed E-state index contributed by atoms with van der Waals surface area (Å²) in [6, 6.07) is 0.135. The number of hydrogen-bond donors (Lipinski definition) is 2. The zero-order valence-corrected chi connectivity index (χ0v) is 8.19. The first-order chi connectivity index (χ1) is 6.88. The molecule has 3 N–H and O–H groups in total. The van der Waals surface area contributed by atoms with Gasteiger partial charge in [0.05, 0.1) is 0 Å². The molecule has 1 rings (SSSR count). The fraction of sp³-hybridized carbons (Fsp3) is 0.400. The Morgan fingerprint density at radius 2 is 2.21 bits per heavy atom. The van der Waals surface area contributed by atoms with Crippen molar-refractivity contribution in [2.45, 2.75) is 25.3 Å². The molecule has 1 atom stereocenters. The Hall–Kier alpha value is -1.26. The largest absolute Gasteiger partial charge is 0.271 e. The van der Waals surface area contributed by atoms with E-state index in [4.69, 9.17) is 5.84 Å². The molecule has 0 radical (unpaired) electrons. The van der Waals surface area contributed by atoms with Crippen LogP contribution >= 0.6 is 0 Å². The summed E-state index contributed by atoms with van der Waals surface area (Å²) in [6.45, 7) is 3.68. The molecular formula is C10H16N4. The topological polar surface area (TPSA) is 63.8 Å². The summed E-state index contributed by atoms with van der Waals surface area (Å²) in [5.41, 5.74) is 3.79. The van der Waals surface area contributed by atoms with E-state index in [1.165, 1.54) is 6.33 Å². The predicted molar refractivity (Wildman–Crippen MR) is 56.1 cm³/mol. The number of nitrogens with zero attached hydrogens (tertiary/aromatic N) is 2. The van der Waals surface area contributed by atoms with Gasteiger partial charge in [0.1, 0.15) is 6.33 Å². The maximum Gasteiger partial charge on any atom is 0.115 e. The monoisotopic (exact) mass is 192 g/mol. The number of hydrogen-bond acceptors (Lipinski definition) is 4. The molecule has 1 unspecified atom stereocenters. The molecule has 0 aliphatic heterocycles. The summed E-state index contributed by atoms with van der Waals surface area (Å²) in [5.74, 6) is 5.46. The van der Waals surface area contributed by atoms with Crippen LogP contribution in [0.1, 0.15) is 30.9 Å². The summed E-state index contributed by atoms with van der Waals surface area (Å²) in [4.78, 5) is 7.91. The number of allylic oxidation sites excluding steroid dienone is 1. The van der Waals surface area contributed by atoms with Gasteiger partial charge in [-0.2, -0.15) is 0 Å². The van der Waals surface area contributed by atoms with Crippen LogP contribution in [0.5, 0.6) is 0 Å². The Morgan fingerprint density at radius 3 is 2.79 bits per heavy atom. The van der Waals surface area contributed by atoms with Gasteiger partial charge >= 0.3 is 0 Å². The lowest BCUT2D eigenvalue weighted by molar-refractivity contribution is 0.498. The van der Waals surface area contributed by atoms with Gasteiger partial charge in [-0.15, -0.1) is 6.58 Å². The van der Waals surface area contributed by atoms with E-state index in [0.29, 0.717) is 0 Å². The van der Waals surface area contributed by atoms with Crippen LogP contribution in [0.3, 0.4) is 0 Å². The fourth-order valence-corrected chi connectivity index (χ4v) is 1.30. The van der Waals surface area contributed by atoms with Crippen molar-refractivity contribution in [1.82, 2.24) is 15.4 Å². The number of hydrazine groups is 1. The molecule has 0 aliphatic carbocycles. The smallest absolute Gasteiger partial charge is 0.115 e. The summed E-state index contributed by atoms with van der Waals surface area (Å²) in [6.07, 6.45) is 10.0. The predicted octanol–water partition coefficient (Wildman–Crippen LogP) is 1.34. The van der Waals surface area contributed by atoms with Crippen LogP contribution in [0.25, 0.3) is 0 Å². The Balaban J connectivity index is 2.50. The van der Waals surface area contributed by atoms with Crippen molar-refractivity contribution in [2.75, 3.05) is 0 Å². The minimum absolute atomic E-state index is 0.135. The minimum atomic E-state index is 0.135. The Morgan fingerprint density at radius 1 is 1.50 bits per heavy atom. The average Bonchev–Trinajstić information content (AvgIpc) is 2.26. The molecule has 1 heterocycles. The first-order valence-electron chi connectivity index (χ1n) is 4.70. The van der Waals surface area contributed by atoms with Gasteiger partial charge in [0.15, 0.2) is 0 Å². The Labute approximate surface area is 84.2 Å². The highest BCUT2D eigenvalue weighted by atomic mass is 15.2. The lowest BCUT2D eigenvalue weighted by Gasteiger charge is -2.14. The van der Waals surface area contributed by atoms with Crippen molar-refractivity contribution in [2.24, 2.45) is 5.84 Å². The van der Waals surface area contributed by atoms with Crippen LogP contribution in [-0.2, 0) is 0 Å². The number of nitrogens with one attached hydrogen (secondary N) is 1. The molecule has 4 nitrogen and oxygen atoms in total. The molecule has 0 amide bonds. The standard InChI is InChI=1S/C10H16N4/c1-2-3-4-5-10(14-11)9-6-12-8-13-7-9/h2,6-8,10,14H,1,3-5,11H2. The fourth-order valence-electron chi connectivity index (χ4n) is 1.30. The Kier molecular flexibility index (Phi) is 4.82. The molecule has 76 valence electrons. The van der Waals surface area contributed by atoms with E-state index in [2.05, 4.69) is 22.0 Å². The third-order valence-electron chi connectivity index (χ3n) is 2.09. The molecule has 0 aliphatic rings. The highest BCUT2D eigenvalue weighted by molar-refractivity contribution is 5.08. The van der Waals surface area contributed by atoms with Gasteiger partial charge in [-0.1, -0.05) is 6.08 Å². The summed E-state index contributed by atoms with van der Waals surface area (Å²) in [5, 5.41) is 0. The average molecular weight is 192 g/mol. The van der Waals surface area contributed by atoms with Gasteiger partial charge in [-0.05, 0) is 19.3 Å². The second kappa shape index (κ2) is 6.23. The van der Waals surface area contributed by atoms with E-state index in [-0.39, 0.29) is 6.04 Å². The maximum absolute atomic E-state index is 5.46. The molecular weight excluding hydrogens is 176 g/mol. The van der Waals surface area contributed by atoms with E-state index in [0.717, 1.165) is 24.8 Å². The zero-order valence-electron chi connectivity index (χ0n) is 8.19. The van der Waals surface area contributed by atoms with E-state index >= 15 is 0 Å². The molecule has 4 heteroatoms. The van der Waals surface area contributed by atoms with Gasteiger partial charge in [0.2, 0.25) is 0 Å². The Bertz CT molecular complexity index is 260. The third-order valence-corrected chi connectivity index (χ3v) is 2.09. The normalized spacial score (nSPS) is 12.4. The second-order valence-electron chi connectivity index (χ2n) is 3.11. The van der Waals surface area contributed by atoms with Crippen molar-refractivity contribution in [1.29, 1.82) is 0 Å². The lowest BCUT2D eigenvalue weighted by atomic mass is 10.0. The van der Waals surface area contributed by atoms with Crippen molar-refractivity contribution in [3.63, 3.8) is 0 Å². The van der Waals surface area contributed by atoms with E-state index in [1.807, 2.05) is 6.08 Å². The zero-order chi connectivity index (χ0) is 10.2. The van der Waals surface area contributed by atoms with Crippen LogP contribution in [0, 0.1) is 0 Å². The van der Waals surface area contributed by atoms with Crippen LogP contribution in [0.4, 0.5) is 0 Å². The molecule has 14 heavy (non-hydrogen) atoms. The second-order valence-corrected chi connectivity index (χ2v) is 3.11. The first-order valence-corrected chi connectivity index (χ1v) is 4.70. The molecule has 0 saturated carbocycles. The molecule has 0 spiro atoms. The number of unbranched alkanes of at least 4 members (excludes halogenated alkanes) is 1. The van der Waals surface area contributed by atoms with E-state index in [1.54, 1.807) is 12.4 Å². The minimum Gasteiger partial charge on any atom is -0.271 e. The van der Waals surface area contributed by atoms with Crippen molar-refractivity contribution in [3.8, 4) is 0 Å². The van der Waals surface area contributed by atoms with E-state index in [9.17, 15) is 0 Å². The van der Waals surface area contributed by atoms with Crippen LogP contribution in [-0.4, -0.2) is 9.97 Å².